The molecule has 0 saturated carbocycles. The van der Waals surface area contributed by atoms with Crippen molar-refractivity contribution in [1.82, 2.24) is 15.2 Å². The molecule has 0 radical (unpaired) electrons. The molecule has 1 N–H and O–H groups in total. The monoisotopic (exact) mass is 281 g/mol. The molecule has 3 nitrogen and oxygen atoms in total. The highest BCUT2D eigenvalue weighted by molar-refractivity contribution is 5.32. The van der Waals surface area contributed by atoms with E-state index in [4.69, 9.17) is 0 Å². The van der Waals surface area contributed by atoms with E-state index in [1.165, 1.54) is 16.8 Å². The Kier molecular flexibility index (Phi) is 4.63. The first-order valence-electron chi connectivity index (χ1n) is 7.72. The molecule has 3 heteroatoms. The highest BCUT2D eigenvalue weighted by atomic mass is 15.1. The van der Waals surface area contributed by atoms with Gasteiger partial charge in [-0.25, -0.2) is 0 Å². The van der Waals surface area contributed by atoms with E-state index in [2.05, 4.69) is 58.6 Å². The van der Waals surface area contributed by atoms with E-state index in [0.29, 0.717) is 6.04 Å². The standard InChI is InChI=1S/C18H23N3/c1-21(13-10-16-7-4-5-11-19-16)14-18-17-8-3-2-6-15(17)9-12-20-18/h2-8,11,18,20H,9-10,12-14H2,1H3. The zero-order valence-electron chi connectivity index (χ0n) is 12.6. The van der Waals surface area contributed by atoms with E-state index >= 15 is 0 Å². The number of hydrogen-bond acceptors (Lipinski definition) is 3. The second-order valence-corrected chi connectivity index (χ2v) is 5.79. The average molecular weight is 281 g/mol. The first-order valence-corrected chi connectivity index (χ1v) is 7.72. The molecule has 1 aliphatic rings. The van der Waals surface area contributed by atoms with E-state index in [9.17, 15) is 0 Å². The predicted molar refractivity (Wildman–Crippen MR) is 86.3 cm³/mol. The van der Waals surface area contributed by atoms with Crippen molar-refractivity contribution in [3.05, 3.63) is 65.5 Å². The van der Waals surface area contributed by atoms with Gasteiger partial charge in [-0.3, -0.25) is 4.98 Å². The smallest absolute Gasteiger partial charge is 0.0452 e. The molecule has 21 heavy (non-hydrogen) atoms. The molecule has 1 aliphatic heterocycles. The summed E-state index contributed by atoms with van der Waals surface area (Å²) in [6.45, 7) is 3.16. The van der Waals surface area contributed by atoms with Crippen LogP contribution in [0.5, 0.6) is 0 Å². The number of pyridine rings is 1. The van der Waals surface area contributed by atoms with Crippen LogP contribution in [0, 0.1) is 0 Å². The lowest BCUT2D eigenvalue weighted by Gasteiger charge is -2.30. The second-order valence-electron chi connectivity index (χ2n) is 5.79. The van der Waals surface area contributed by atoms with E-state index in [1.807, 2.05) is 12.3 Å². The first-order chi connectivity index (χ1) is 10.3. The van der Waals surface area contributed by atoms with Crippen LogP contribution in [0.15, 0.2) is 48.7 Å². The summed E-state index contributed by atoms with van der Waals surface area (Å²) in [5.41, 5.74) is 4.13. The average Bonchev–Trinajstić information content (AvgIpc) is 2.54. The third kappa shape index (κ3) is 3.69. The fourth-order valence-electron chi connectivity index (χ4n) is 3.01. The molecule has 110 valence electrons. The van der Waals surface area contributed by atoms with Crippen molar-refractivity contribution < 1.29 is 0 Å². The van der Waals surface area contributed by atoms with Crippen LogP contribution in [0.1, 0.15) is 22.9 Å². The minimum atomic E-state index is 0.448. The summed E-state index contributed by atoms with van der Waals surface area (Å²) in [5.74, 6) is 0. The van der Waals surface area contributed by atoms with Crippen molar-refractivity contribution in [2.24, 2.45) is 0 Å². The van der Waals surface area contributed by atoms with Gasteiger partial charge in [-0.2, -0.15) is 0 Å². The fourth-order valence-corrected chi connectivity index (χ4v) is 3.01. The quantitative estimate of drug-likeness (QED) is 0.912. The normalized spacial score (nSPS) is 17.7. The molecule has 2 aromatic rings. The summed E-state index contributed by atoms with van der Waals surface area (Å²) in [5, 5.41) is 3.65. The Balaban J connectivity index is 1.57. The summed E-state index contributed by atoms with van der Waals surface area (Å²) in [7, 11) is 2.20. The Morgan fingerprint density at radius 1 is 1.19 bits per heavy atom. The van der Waals surface area contributed by atoms with Gasteiger partial charge in [-0.15, -0.1) is 0 Å². The van der Waals surface area contributed by atoms with Crippen molar-refractivity contribution in [3.63, 3.8) is 0 Å². The summed E-state index contributed by atoms with van der Waals surface area (Å²) in [6, 6.07) is 15.4. The van der Waals surface area contributed by atoms with Crippen LogP contribution in [-0.4, -0.2) is 36.6 Å². The molecule has 0 spiro atoms. The number of benzene rings is 1. The lowest BCUT2D eigenvalue weighted by atomic mass is 9.94. The van der Waals surface area contributed by atoms with Crippen molar-refractivity contribution in [3.8, 4) is 0 Å². The van der Waals surface area contributed by atoms with Crippen LogP contribution in [0.3, 0.4) is 0 Å². The second kappa shape index (κ2) is 6.83. The van der Waals surface area contributed by atoms with Crippen LogP contribution in [0.4, 0.5) is 0 Å². The molecule has 3 rings (SSSR count). The first kappa shape index (κ1) is 14.2. The molecule has 0 bridgehead atoms. The maximum Gasteiger partial charge on any atom is 0.0452 e. The van der Waals surface area contributed by atoms with Gasteiger partial charge in [-0.1, -0.05) is 30.3 Å². The summed E-state index contributed by atoms with van der Waals surface area (Å²) in [4.78, 5) is 6.79. The third-order valence-corrected chi connectivity index (χ3v) is 4.19. The zero-order valence-corrected chi connectivity index (χ0v) is 12.6. The Hall–Kier alpha value is -1.71. The van der Waals surface area contributed by atoms with Crippen LogP contribution in [0.25, 0.3) is 0 Å². The van der Waals surface area contributed by atoms with Crippen LogP contribution < -0.4 is 5.32 Å². The fraction of sp³-hybridized carbons (Fsp3) is 0.389. The summed E-state index contributed by atoms with van der Waals surface area (Å²) in [6.07, 6.45) is 4.02. The van der Waals surface area contributed by atoms with Gasteiger partial charge in [0, 0.05) is 37.4 Å². The molecule has 1 atom stereocenters. The molecular formula is C18H23N3. The number of likely N-dealkylation sites (N-methyl/N-ethyl adjacent to an activating group) is 1. The molecule has 2 heterocycles. The number of aromatic nitrogens is 1. The molecular weight excluding hydrogens is 258 g/mol. The van der Waals surface area contributed by atoms with Gasteiger partial charge in [0.05, 0.1) is 0 Å². The minimum absolute atomic E-state index is 0.448. The van der Waals surface area contributed by atoms with Crippen LogP contribution >= 0.6 is 0 Å². The maximum absolute atomic E-state index is 4.39. The SMILES string of the molecule is CN(CCc1ccccn1)CC1NCCc2ccccc21. The zero-order chi connectivity index (χ0) is 14.5. The van der Waals surface area contributed by atoms with Gasteiger partial charge in [-0.05, 0) is 43.3 Å². The molecule has 0 fully saturated rings. The van der Waals surface area contributed by atoms with Crippen molar-refractivity contribution in [1.29, 1.82) is 0 Å². The van der Waals surface area contributed by atoms with Crippen molar-refractivity contribution >= 4 is 0 Å². The topological polar surface area (TPSA) is 28.2 Å². The predicted octanol–water partition coefficient (Wildman–Crippen LogP) is 2.44. The Morgan fingerprint density at radius 3 is 2.90 bits per heavy atom. The highest BCUT2D eigenvalue weighted by Gasteiger charge is 2.20. The van der Waals surface area contributed by atoms with Crippen LogP contribution in [0.2, 0.25) is 0 Å². The molecule has 1 unspecified atom stereocenters. The number of nitrogens with zero attached hydrogens (tertiary/aromatic N) is 2. The lowest BCUT2D eigenvalue weighted by molar-refractivity contribution is 0.287. The minimum Gasteiger partial charge on any atom is -0.309 e. The third-order valence-electron chi connectivity index (χ3n) is 4.19. The number of rotatable bonds is 5. The Morgan fingerprint density at radius 2 is 2.05 bits per heavy atom. The van der Waals surface area contributed by atoms with E-state index in [-0.39, 0.29) is 0 Å². The maximum atomic E-state index is 4.39. The molecule has 1 aromatic carbocycles. The largest absolute Gasteiger partial charge is 0.309 e. The van der Waals surface area contributed by atoms with E-state index in [1.54, 1.807) is 0 Å². The van der Waals surface area contributed by atoms with Gasteiger partial charge in [0.2, 0.25) is 0 Å². The van der Waals surface area contributed by atoms with Crippen LogP contribution in [-0.2, 0) is 12.8 Å². The van der Waals surface area contributed by atoms with Crippen molar-refractivity contribution in [2.45, 2.75) is 18.9 Å². The van der Waals surface area contributed by atoms with E-state index in [0.717, 1.165) is 32.5 Å². The van der Waals surface area contributed by atoms with Gasteiger partial charge in [0.1, 0.15) is 0 Å². The van der Waals surface area contributed by atoms with Gasteiger partial charge < -0.3 is 10.2 Å². The van der Waals surface area contributed by atoms with Crippen molar-refractivity contribution in [2.75, 3.05) is 26.7 Å². The summed E-state index contributed by atoms with van der Waals surface area (Å²) >= 11 is 0. The molecule has 0 amide bonds. The summed E-state index contributed by atoms with van der Waals surface area (Å²) < 4.78 is 0. The number of nitrogens with one attached hydrogen (secondary N) is 1. The van der Waals surface area contributed by atoms with Gasteiger partial charge in [0.25, 0.3) is 0 Å². The Labute approximate surface area is 127 Å². The van der Waals surface area contributed by atoms with Gasteiger partial charge in [0.15, 0.2) is 0 Å². The molecule has 0 saturated heterocycles. The molecule has 0 aliphatic carbocycles. The molecule has 1 aromatic heterocycles. The number of fused-ring (bicyclic) bond motifs is 1. The Bertz CT molecular complexity index is 568. The number of hydrogen-bond donors (Lipinski definition) is 1. The lowest BCUT2D eigenvalue weighted by Crippen LogP contribution is -2.38. The highest BCUT2D eigenvalue weighted by Crippen LogP contribution is 2.23. The van der Waals surface area contributed by atoms with Gasteiger partial charge >= 0.3 is 0 Å². The van der Waals surface area contributed by atoms with E-state index < -0.39 is 0 Å².